The van der Waals surface area contributed by atoms with Gasteiger partial charge in [0.15, 0.2) is 5.96 Å². The van der Waals surface area contributed by atoms with Gasteiger partial charge in [-0.3, -0.25) is 9.89 Å². The van der Waals surface area contributed by atoms with Gasteiger partial charge in [0, 0.05) is 45.7 Å². The van der Waals surface area contributed by atoms with Crippen molar-refractivity contribution in [3.63, 3.8) is 0 Å². The fourth-order valence-corrected chi connectivity index (χ4v) is 4.12. The molecule has 152 valence electrons. The normalized spacial score (nSPS) is 19.4. The minimum Gasteiger partial charge on any atom is -0.379 e. The molecule has 0 atom stereocenters. The van der Waals surface area contributed by atoms with E-state index in [-0.39, 0.29) is 0 Å². The number of aromatic nitrogens is 1. The van der Waals surface area contributed by atoms with E-state index in [4.69, 9.17) is 4.74 Å². The molecule has 1 aliphatic heterocycles. The molecule has 3 rings (SSSR count). The summed E-state index contributed by atoms with van der Waals surface area (Å²) >= 11 is 1.75. The van der Waals surface area contributed by atoms with Crippen LogP contribution in [-0.2, 0) is 11.3 Å². The number of aryl methyl sites for hydroxylation is 1. The highest BCUT2D eigenvalue weighted by atomic mass is 32.1. The van der Waals surface area contributed by atoms with Crippen molar-refractivity contribution in [1.82, 2.24) is 20.1 Å². The zero-order valence-corrected chi connectivity index (χ0v) is 17.9. The number of guanidine groups is 1. The Hall–Kier alpha value is -1.18. The first-order valence-corrected chi connectivity index (χ1v) is 11.1. The Morgan fingerprint density at radius 1 is 1.33 bits per heavy atom. The number of piperidine rings is 1. The second kappa shape index (κ2) is 10.4. The fraction of sp³-hybridized carbons (Fsp3) is 0.800. The third-order valence-corrected chi connectivity index (χ3v) is 6.33. The molecule has 0 aromatic carbocycles. The molecule has 2 fully saturated rings. The molecule has 2 aliphatic rings. The third-order valence-electron chi connectivity index (χ3n) is 5.50. The van der Waals surface area contributed by atoms with Gasteiger partial charge in [0.1, 0.15) is 0 Å². The van der Waals surface area contributed by atoms with E-state index < -0.39 is 0 Å². The number of ether oxygens (including phenoxy) is 1. The summed E-state index contributed by atoms with van der Waals surface area (Å²) < 4.78 is 5.75. The topological polar surface area (TPSA) is 53.0 Å². The highest BCUT2D eigenvalue weighted by Gasteiger charge is 2.22. The van der Waals surface area contributed by atoms with Gasteiger partial charge in [-0.05, 0) is 57.5 Å². The molecule has 0 spiro atoms. The van der Waals surface area contributed by atoms with Crippen LogP contribution in [0.1, 0.15) is 36.4 Å². The molecule has 2 heterocycles. The predicted octanol–water partition coefficient (Wildman–Crippen LogP) is 2.60. The molecular formula is C20H35N5OS. The molecule has 27 heavy (non-hydrogen) atoms. The summed E-state index contributed by atoms with van der Waals surface area (Å²) in [5.41, 5.74) is 1.22. The average Bonchev–Trinajstić information content (AvgIpc) is 3.41. The van der Waals surface area contributed by atoms with Crippen molar-refractivity contribution in [2.24, 2.45) is 16.8 Å². The van der Waals surface area contributed by atoms with Crippen LogP contribution in [0.25, 0.3) is 0 Å². The SMILES string of the molecule is CN=C(NCC1CCN(Cc2csc(C)n2)CC1)N(C)CCOCC1CC1. The van der Waals surface area contributed by atoms with Gasteiger partial charge in [-0.1, -0.05) is 0 Å². The quantitative estimate of drug-likeness (QED) is 0.397. The maximum atomic E-state index is 5.75. The number of likely N-dealkylation sites (N-methyl/N-ethyl adjacent to an activating group) is 1. The molecule has 6 nitrogen and oxygen atoms in total. The van der Waals surface area contributed by atoms with E-state index in [0.29, 0.717) is 0 Å². The monoisotopic (exact) mass is 393 g/mol. The summed E-state index contributed by atoms with van der Waals surface area (Å²) in [7, 11) is 3.95. The summed E-state index contributed by atoms with van der Waals surface area (Å²) in [5.74, 6) is 2.53. The molecule has 1 saturated heterocycles. The number of likely N-dealkylation sites (tertiary alicyclic amines) is 1. The summed E-state index contributed by atoms with van der Waals surface area (Å²) in [6.45, 7) is 8.99. The van der Waals surface area contributed by atoms with Crippen LogP contribution in [0.3, 0.4) is 0 Å². The summed E-state index contributed by atoms with van der Waals surface area (Å²) in [4.78, 5) is 13.7. The number of rotatable bonds is 9. The molecule has 0 amide bonds. The number of thiazole rings is 1. The average molecular weight is 394 g/mol. The summed E-state index contributed by atoms with van der Waals surface area (Å²) in [6.07, 6.45) is 5.17. The number of hydrogen-bond donors (Lipinski definition) is 1. The molecule has 0 unspecified atom stereocenters. The molecule has 0 radical (unpaired) electrons. The van der Waals surface area contributed by atoms with E-state index in [1.165, 1.54) is 31.4 Å². The Kier molecular flexibility index (Phi) is 7.91. The van der Waals surface area contributed by atoms with E-state index in [0.717, 1.165) is 68.7 Å². The van der Waals surface area contributed by atoms with Gasteiger partial charge >= 0.3 is 0 Å². The lowest BCUT2D eigenvalue weighted by molar-refractivity contribution is 0.115. The smallest absolute Gasteiger partial charge is 0.193 e. The standard InChI is InChI=1S/C20H35N5OS/c1-16-23-19(15-27-16)13-25-8-6-17(7-9-25)12-22-20(21-2)24(3)10-11-26-14-18-4-5-18/h15,17-18H,4-14H2,1-3H3,(H,21,22). The second-order valence-electron chi connectivity index (χ2n) is 7.95. The van der Waals surface area contributed by atoms with Crippen molar-refractivity contribution >= 4 is 17.3 Å². The van der Waals surface area contributed by atoms with Gasteiger partial charge in [0.2, 0.25) is 0 Å². The van der Waals surface area contributed by atoms with Gasteiger partial charge in [-0.15, -0.1) is 11.3 Å². The summed E-state index contributed by atoms with van der Waals surface area (Å²) in [6, 6.07) is 0. The van der Waals surface area contributed by atoms with Crippen LogP contribution in [0.15, 0.2) is 10.4 Å². The zero-order valence-electron chi connectivity index (χ0n) is 17.1. The van der Waals surface area contributed by atoms with Gasteiger partial charge < -0.3 is 15.0 Å². The number of hydrogen-bond acceptors (Lipinski definition) is 5. The van der Waals surface area contributed by atoms with Crippen LogP contribution < -0.4 is 5.32 Å². The number of nitrogens with zero attached hydrogens (tertiary/aromatic N) is 4. The molecule has 1 aliphatic carbocycles. The van der Waals surface area contributed by atoms with Crippen LogP contribution in [-0.4, -0.2) is 74.2 Å². The summed E-state index contributed by atoms with van der Waals surface area (Å²) in [5, 5.41) is 6.92. The van der Waals surface area contributed by atoms with Crippen molar-refractivity contribution in [1.29, 1.82) is 0 Å². The zero-order chi connectivity index (χ0) is 19.1. The molecular weight excluding hydrogens is 358 g/mol. The lowest BCUT2D eigenvalue weighted by atomic mass is 9.97. The molecule has 1 aromatic rings. The van der Waals surface area contributed by atoms with Crippen LogP contribution >= 0.6 is 11.3 Å². The molecule has 0 bridgehead atoms. The van der Waals surface area contributed by atoms with Gasteiger partial charge in [-0.25, -0.2) is 4.98 Å². The van der Waals surface area contributed by atoms with Crippen LogP contribution in [0.5, 0.6) is 0 Å². The van der Waals surface area contributed by atoms with Crippen molar-refractivity contribution < 1.29 is 4.74 Å². The first kappa shape index (κ1) is 20.6. The van der Waals surface area contributed by atoms with Crippen molar-refractivity contribution in [3.05, 3.63) is 16.1 Å². The Morgan fingerprint density at radius 2 is 2.11 bits per heavy atom. The molecule has 7 heteroatoms. The Labute approximate surface area is 168 Å². The minimum absolute atomic E-state index is 0.717. The van der Waals surface area contributed by atoms with E-state index >= 15 is 0 Å². The fourth-order valence-electron chi connectivity index (χ4n) is 3.52. The Balaban J connectivity index is 1.30. The Morgan fingerprint density at radius 3 is 2.74 bits per heavy atom. The van der Waals surface area contributed by atoms with E-state index in [2.05, 4.69) is 44.4 Å². The van der Waals surface area contributed by atoms with Crippen molar-refractivity contribution in [2.45, 2.75) is 39.2 Å². The Bertz CT molecular complexity index is 593. The van der Waals surface area contributed by atoms with Gasteiger partial charge in [0.05, 0.1) is 17.3 Å². The maximum absolute atomic E-state index is 5.75. The van der Waals surface area contributed by atoms with Gasteiger partial charge in [-0.2, -0.15) is 0 Å². The van der Waals surface area contributed by atoms with Crippen LogP contribution in [0.2, 0.25) is 0 Å². The largest absolute Gasteiger partial charge is 0.379 e. The minimum atomic E-state index is 0.717. The second-order valence-corrected chi connectivity index (χ2v) is 9.01. The predicted molar refractivity (Wildman–Crippen MR) is 112 cm³/mol. The van der Waals surface area contributed by atoms with Gasteiger partial charge in [0.25, 0.3) is 0 Å². The lowest BCUT2D eigenvalue weighted by Crippen LogP contribution is -2.44. The molecule has 1 N–H and O–H groups in total. The first-order valence-electron chi connectivity index (χ1n) is 10.3. The van der Waals surface area contributed by atoms with E-state index in [1.807, 2.05) is 7.05 Å². The van der Waals surface area contributed by atoms with Crippen molar-refractivity contribution in [3.8, 4) is 0 Å². The number of nitrogens with one attached hydrogen (secondary N) is 1. The highest BCUT2D eigenvalue weighted by molar-refractivity contribution is 7.09. The molecule has 1 saturated carbocycles. The third kappa shape index (κ3) is 7.05. The first-order chi connectivity index (χ1) is 13.1. The van der Waals surface area contributed by atoms with E-state index in [9.17, 15) is 0 Å². The van der Waals surface area contributed by atoms with Crippen LogP contribution in [0.4, 0.5) is 0 Å². The maximum Gasteiger partial charge on any atom is 0.193 e. The van der Waals surface area contributed by atoms with E-state index in [1.54, 1.807) is 11.3 Å². The lowest BCUT2D eigenvalue weighted by Gasteiger charge is -2.32. The van der Waals surface area contributed by atoms with Crippen molar-refractivity contribution in [2.75, 3.05) is 53.5 Å². The highest BCUT2D eigenvalue weighted by Crippen LogP contribution is 2.28. The number of aliphatic imine (C=N–C) groups is 1. The molecule has 1 aromatic heterocycles. The van der Waals surface area contributed by atoms with Crippen LogP contribution in [0, 0.1) is 18.8 Å².